The molecule has 0 unspecified atom stereocenters. The summed E-state index contributed by atoms with van der Waals surface area (Å²) in [5, 5.41) is 0. The molecule has 2 aliphatic carbocycles. The third kappa shape index (κ3) is 4.20. The second kappa shape index (κ2) is 7.14. The maximum Gasteiger partial charge on any atom is 0.309 e. The van der Waals surface area contributed by atoms with E-state index in [1.807, 2.05) is 12.1 Å². The summed E-state index contributed by atoms with van der Waals surface area (Å²) in [6.45, 7) is 1.23. The van der Waals surface area contributed by atoms with Gasteiger partial charge in [0.05, 0.1) is 19.1 Å². The van der Waals surface area contributed by atoms with Crippen LogP contribution in [0.3, 0.4) is 0 Å². The number of pyridine rings is 1. The van der Waals surface area contributed by atoms with Crippen LogP contribution in [0, 0.1) is 11.8 Å². The Balaban J connectivity index is 1.35. The van der Waals surface area contributed by atoms with E-state index in [1.54, 1.807) is 0 Å². The Bertz CT molecular complexity index is 664. The van der Waals surface area contributed by atoms with E-state index in [9.17, 15) is 9.59 Å². The molecule has 1 saturated heterocycles. The van der Waals surface area contributed by atoms with Crippen molar-refractivity contribution in [3.8, 4) is 5.88 Å². The molecule has 0 bridgehead atoms. The topological polar surface area (TPSA) is 65.5 Å². The minimum Gasteiger partial charge on any atom is -0.477 e. The molecule has 0 radical (unpaired) electrons. The number of carbonyl (C=O) groups is 2. The van der Waals surface area contributed by atoms with Crippen LogP contribution in [0.25, 0.3) is 0 Å². The summed E-state index contributed by atoms with van der Waals surface area (Å²) in [6.07, 6.45) is 7.46. The van der Waals surface area contributed by atoms with E-state index in [0.29, 0.717) is 49.5 Å². The Morgan fingerprint density at radius 2 is 2.04 bits per heavy atom. The normalized spacial score (nSPS) is 22.7. The number of hydrogen-bond acceptors (Lipinski definition) is 5. The van der Waals surface area contributed by atoms with Gasteiger partial charge in [0.1, 0.15) is 5.69 Å². The predicted octanol–water partition coefficient (Wildman–Crippen LogP) is 3.66. The average Bonchev–Trinajstić information content (AvgIpc) is 3.53. The molecule has 0 aromatic carbocycles. The summed E-state index contributed by atoms with van der Waals surface area (Å²) < 4.78 is 10.9. The molecule has 2 saturated carbocycles. The van der Waals surface area contributed by atoms with Crippen LogP contribution in [0.4, 0.5) is 0 Å². The fraction of sp³-hybridized carbons (Fsp3) is 0.650. The Morgan fingerprint density at radius 1 is 1.20 bits per heavy atom. The molecule has 0 N–H and O–H groups in total. The van der Waals surface area contributed by atoms with Gasteiger partial charge in [-0.3, -0.25) is 9.59 Å². The first-order valence-corrected chi connectivity index (χ1v) is 9.54. The lowest BCUT2D eigenvalue weighted by atomic mass is 9.99. The number of Topliss-reactive ketones (excluding diaryl/α,β-unsaturated/α-hetero) is 1. The van der Waals surface area contributed by atoms with Crippen LogP contribution < -0.4 is 4.74 Å². The van der Waals surface area contributed by atoms with Crippen molar-refractivity contribution in [1.82, 2.24) is 4.98 Å². The highest BCUT2D eigenvalue weighted by atomic mass is 16.5. The number of nitrogens with zero attached hydrogens (tertiary/aromatic N) is 1. The molecule has 134 valence electrons. The number of esters is 1. The highest BCUT2D eigenvalue weighted by Gasteiger charge is 2.30. The van der Waals surface area contributed by atoms with Gasteiger partial charge in [-0.15, -0.1) is 0 Å². The summed E-state index contributed by atoms with van der Waals surface area (Å²) in [5.74, 6) is 1.77. The Kier molecular flexibility index (Phi) is 4.73. The molecule has 4 rings (SSSR count). The van der Waals surface area contributed by atoms with Crippen molar-refractivity contribution in [1.29, 1.82) is 0 Å². The van der Waals surface area contributed by atoms with Crippen molar-refractivity contribution in [3.05, 3.63) is 23.4 Å². The number of cyclic esters (lactones) is 1. The van der Waals surface area contributed by atoms with E-state index in [1.165, 1.54) is 25.7 Å². The minimum absolute atomic E-state index is 0.0320. The fourth-order valence-corrected chi connectivity index (χ4v) is 3.35. The standard InChI is InChI=1S/C20H25NO4/c22-18(3-1-2-15-10-11-24-20(15)23)17-9-8-16(14-6-7-14)19(21-17)25-12-13-4-5-13/h8-9,13-15H,1-7,10-12H2/t15-/m0/s1. The Morgan fingerprint density at radius 3 is 2.72 bits per heavy atom. The first-order valence-electron chi connectivity index (χ1n) is 9.54. The molecule has 5 nitrogen and oxygen atoms in total. The molecule has 1 aliphatic heterocycles. The zero-order valence-electron chi connectivity index (χ0n) is 14.5. The van der Waals surface area contributed by atoms with Crippen molar-refractivity contribution < 1.29 is 19.1 Å². The van der Waals surface area contributed by atoms with Gasteiger partial charge in [0.2, 0.25) is 5.88 Å². The Hall–Kier alpha value is -1.91. The third-order valence-electron chi connectivity index (χ3n) is 5.35. The molecule has 3 fully saturated rings. The van der Waals surface area contributed by atoms with Gasteiger partial charge in [-0.1, -0.05) is 6.07 Å². The highest BCUT2D eigenvalue weighted by Crippen LogP contribution is 2.44. The summed E-state index contributed by atoms with van der Waals surface area (Å²) >= 11 is 0. The molecular formula is C20H25NO4. The maximum atomic E-state index is 12.5. The molecule has 3 aliphatic rings. The molecule has 1 atom stereocenters. The predicted molar refractivity (Wildman–Crippen MR) is 91.7 cm³/mol. The van der Waals surface area contributed by atoms with Crippen LogP contribution >= 0.6 is 0 Å². The van der Waals surface area contributed by atoms with Crippen molar-refractivity contribution in [3.63, 3.8) is 0 Å². The van der Waals surface area contributed by atoms with E-state index in [0.717, 1.165) is 18.4 Å². The summed E-state index contributed by atoms with van der Waals surface area (Å²) in [6, 6.07) is 3.86. The van der Waals surface area contributed by atoms with E-state index < -0.39 is 0 Å². The van der Waals surface area contributed by atoms with Gasteiger partial charge < -0.3 is 9.47 Å². The summed E-state index contributed by atoms with van der Waals surface area (Å²) in [5.41, 5.74) is 1.65. The number of ketones is 1. The molecule has 5 heteroatoms. The van der Waals surface area contributed by atoms with E-state index in [4.69, 9.17) is 9.47 Å². The molecule has 1 aromatic heterocycles. The zero-order chi connectivity index (χ0) is 17.2. The molecular weight excluding hydrogens is 318 g/mol. The molecule has 2 heterocycles. The van der Waals surface area contributed by atoms with Crippen LogP contribution in [0.15, 0.2) is 12.1 Å². The van der Waals surface area contributed by atoms with Crippen molar-refractivity contribution in [2.24, 2.45) is 11.8 Å². The number of ether oxygens (including phenoxy) is 2. The quantitative estimate of drug-likeness (QED) is 0.506. The Labute approximate surface area is 148 Å². The monoisotopic (exact) mass is 343 g/mol. The van der Waals surface area contributed by atoms with Crippen molar-refractivity contribution in [2.75, 3.05) is 13.2 Å². The maximum absolute atomic E-state index is 12.5. The van der Waals surface area contributed by atoms with E-state index in [2.05, 4.69) is 4.98 Å². The second-order valence-corrected chi connectivity index (χ2v) is 7.59. The number of rotatable bonds is 9. The summed E-state index contributed by atoms with van der Waals surface area (Å²) in [4.78, 5) is 28.5. The second-order valence-electron chi connectivity index (χ2n) is 7.59. The largest absolute Gasteiger partial charge is 0.477 e. The van der Waals surface area contributed by atoms with Crippen LogP contribution in [-0.4, -0.2) is 30.0 Å². The van der Waals surface area contributed by atoms with Gasteiger partial charge in [-0.2, -0.15) is 0 Å². The number of aromatic nitrogens is 1. The third-order valence-corrected chi connectivity index (χ3v) is 5.35. The van der Waals surface area contributed by atoms with Crippen molar-refractivity contribution >= 4 is 11.8 Å². The number of carbonyl (C=O) groups excluding carboxylic acids is 2. The lowest BCUT2D eigenvalue weighted by molar-refractivity contribution is -0.141. The van der Waals surface area contributed by atoms with Crippen molar-refractivity contribution in [2.45, 2.75) is 57.3 Å². The fourth-order valence-electron chi connectivity index (χ4n) is 3.35. The molecule has 1 aromatic rings. The molecule has 0 spiro atoms. The van der Waals surface area contributed by atoms with Crippen LogP contribution in [0.2, 0.25) is 0 Å². The van der Waals surface area contributed by atoms with Crippen LogP contribution in [-0.2, 0) is 9.53 Å². The van der Waals surface area contributed by atoms with Gasteiger partial charge in [0.25, 0.3) is 0 Å². The zero-order valence-corrected chi connectivity index (χ0v) is 14.5. The van der Waals surface area contributed by atoms with Gasteiger partial charge in [-0.25, -0.2) is 4.98 Å². The summed E-state index contributed by atoms with van der Waals surface area (Å²) in [7, 11) is 0. The van der Waals surface area contributed by atoms with Gasteiger partial charge in [0.15, 0.2) is 5.78 Å². The molecule has 25 heavy (non-hydrogen) atoms. The lowest BCUT2D eigenvalue weighted by Gasteiger charge is -2.11. The average molecular weight is 343 g/mol. The lowest BCUT2D eigenvalue weighted by Crippen LogP contribution is -2.10. The molecule has 0 amide bonds. The van der Waals surface area contributed by atoms with E-state index in [-0.39, 0.29) is 17.7 Å². The van der Waals surface area contributed by atoms with Crippen LogP contribution in [0.5, 0.6) is 5.88 Å². The van der Waals surface area contributed by atoms with Gasteiger partial charge in [0, 0.05) is 12.0 Å². The smallest absolute Gasteiger partial charge is 0.309 e. The van der Waals surface area contributed by atoms with Gasteiger partial charge in [-0.05, 0) is 62.8 Å². The minimum atomic E-state index is -0.116. The first kappa shape index (κ1) is 16.6. The number of hydrogen-bond donors (Lipinski definition) is 0. The van der Waals surface area contributed by atoms with E-state index >= 15 is 0 Å². The van der Waals surface area contributed by atoms with Gasteiger partial charge >= 0.3 is 5.97 Å². The first-order chi connectivity index (χ1) is 12.2. The SMILES string of the molecule is O=C(CCC[C@H]1CCOC1=O)c1ccc(C2CC2)c(OCC2CC2)n1. The highest BCUT2D eigenvalue weighted by molar-refractivity contribution is 5.94. The van der Waals surface area contributed by atoms with Crippen LogP contribution in [0.1, 0.15) is 73.3 Å².